The first kappa shape index (κ1) is 14.0. The molecule has 0 bridgehead atoms. The summed E-state index contributed by atoms with van der Waals surface area (Å²) in [5, 5.41) is 4.05. The van der Waals surface area contributed by atoms with Crippen LogP contribution in [0.4, 0.5) is 0 Å². The van der Waals surface area contributed by atoms with Gasteiger partial charge in [-0.25, -0.2) is 0 Å². The largest absolute Gasteiger partial charge is 0.467 e. The van der Waals surface area contributed by atoms with Crippen LogP contribution in [0.15, 0.2) is 47.2 Å². The van der Waals surface area contributed by atoms with Gasteiger partial charge in [-0.1, -0.05) is 6.07 Å². The zero-order valence-electron chi connectivity index (χ0n) is 11.7. The first-order valence-corrected chi connectivity index (χ1v) is 7.22. The molecule has 21 heavy (non-hydrogen) atoms. The van der Waals surface area contributed by atoms with Gasteiger partial charge in [0.2, 0.25) is 0 Å². The van der Waals surface area contributed by atoms with E-state index in [4.69, 9.17) is 21.4 Å². The molecule has 0 aromatic carbocycles. The number of nitrogens with one attached hydrogen (secondary N) is 1. The topological polar surface area (TPSA) is 50.5 Å². The fourth-order valence-electron chi connectivity index (χ4n) is 2.60. The molecular formula is C15H17N3O2S. The van der Waals surface area contributed by atoms with Gasteiger partial charge in [-0.3, -0.25) is 4.98 Å². The maximum absolute atomic E-state index is 5.62. The Balaban J connectivity index is 1.94. The van der Waals surface area contributed by atoms with Crippen molar-refractivity contribution in [3.8, 4) is 0 Å². The van der Waals surface area contributed by atoms with Crippen molar-refractivity contribution in [2.75, 3.05) is 20.3 Å². The van der Waals surface area contributed by atoms with E-state index in [-0.39, 0.29) is 12.1 Å². The number of hydrogen-bond donors (Lipinski definition) is 1. The van der Waals surface area contributed by atoms with E-state index in [1.54, 1.807) is 19.6 Å². The van der Waals surface area contributed by atoms with E-state index in [2.05, 4.69) is 15.2 Å². The van der Waals surface area contributed by atoms with Gasteiger partial charge in [-0.2, -0.15) is 0 Å². The number of thiocarbonyl (C=S) groups is 1. The molecule has 1 aliphatic heterocycles. The summed E-state index contributed by atoms with van der Waals surface area (Å²) in [5.41, 5.74) is 0.946. The van der Waals surface area contributed by atoms with Gasteiger partial charge in [0, 0.05) is 19.9 Å². The molecular weight excluding hydrogens is 286 g/mol. The fourth-order valence-corrected chi connectivity index (χ4v) is 2.94. The van der Waals surface area contributed by atoms with Crippen LogP contribution >= 0.6 is 12.2 Å². The standard InChI is InChI=1S/C15H17N3O2S/c1-19-10-8-18-14(12-6-4-9-20-12)13(17-15(18)21)11-5-2-3-7-16-11/h2-7,9,13-14H,8,10H2,1H3,(H,17,21)/t13-,14+/m0/s1. The first-order chi connectivity index (χ1) is 10.3. The number of ether oxygens (including phenoxy) is 1. The Hall–Kier alpha value is -1.92. The Labute approximate surface area is 128 Å². The molecule has 0 spiro atoms. The van der Waals surface area contributed by atoms with Gasteiger partial charge in [0.05, 0.1) is 24.6 Å². The molecule has 0 amide bonds. The molecule has 1 saturated heterocycles. The molecule has 0 unspecified atom stereocenters. The summed E-state index contributed by atoms with van der Waals surface area (Å²) in [5.74, 6) is 0.870. The average Bonchev–Trinajstić information content (AvgIpc) is 3.13. The molecule has 0 saturated carbocycles. The minimum Gasteiger partial charge on any atom is -0.467 e. The van der Waals surface area contributed by atoms with E-state index in [0.717, 1.165) is 11.5 Å². The normalized spacial score (nSPS) is 21.6. The van der Waals surface area contributed by atoms with Gasteiger partial charge < -0.3 is 19.4 Å². The SMILES string of the molecule is COCCN1C(=S)N[C@@H](c2ccccn2)[C@H]1c1ccco1. The van der Waals surface area contributed by atoms with Crippen LogP contribution in [0.3, 0.4) is 0 Å². The molecule has 2 aromatic heterocycles. The molecule has 5 nitrogen and oxygen atoms in total. The van der Waals surface area contributed by atoms with E-state index < -0.39 is 0 Å². The van der Waals surface area contributed by atoms with Gasteiger partial charge >= 0.3 is 0 Å². The Kier molecular flexibility index (Phi) is 4.17. The maximum Gasteiger partial charge on any atom is 0.170 e. The fraction of sp³-hybridized carbons (Fsp3) is 0.333. The molecule has 110 valence electrons. The van der Waals surface area contributed by atoms with Gasteiger partial charge in [-0.05, 0) is 36.5 Å². The third-order valence-electron chi connectivity index (χ3n) is 3.57. The number of hydrogen-bond acceptors (Lipinski definition) is 4. The van der Waals surface area contributed by atoms with Crippen molar-refractivity contribution in [1.29, 1.82) is 0 Å². The zero-order chi connectivity index (χ0) is 14.7. The Morgan fingerprint density at radius 1 is 1.38 bits per heavy atom. The number of pyridine rings is 1. The monoisotopic (exact) mass is 303 g/mol. The summed E-state index contributed by atoms with van der Waals surface area (Å²) in [6.45, 7) is 1.31. The summed E-state index contributed by atoms with van der Waals surface area (Å²) < 4.78 is 10.8. The lowest BCUT2D eigenvalue weighted by Gasteiger charge is -2.25. The smallest absolute Gasteiger partial charge is 0.170 e. The quantitative estimate of drug-likeness (QED) is 0.855. The highest BCUT2D eigenvalue weighted by Gasteiger charge is 2.41. The van der Waals surface area contributed by atoms with Crippen LogP contribution in [-0.4, -0.2) is 35.3 Å². The zero-order valence-corrected chi connectivity index (χ0v) is 12.5. The van der Waals surface area contributed by atoms with Crippen molar-refractivity contribution >= 4 is 17.3 Å². The first-order valence-electron chi connectivity index (χ1n) is 6.81. The molecule has 3 heterocycles. The summed E-state index contributed by atoms with van der Waals surface area (Å²) in [6.07, 6.45) is 3.47. The van der Waals surface area contributed by atoms with Gasteiger partial charge in [0.25, 0.3) is 0 Å². The minimum atomic E-state index is -0.0262. The van der Waals surface area contributed by atoms with Crippen LogP contribution in [0, 0.1) is 0 Å². The molecule has 0 aliphatic carbocycles. The molecule has 3 rings (SSSR count). The number of rotatable bonds is 5. The van der Waals surface area contributed by atoms with Gasteiger partial charge in [-0.15, -0.1) is 0 Å². The van der Waals surface area contributed by atoms with E-state index in [1.165, 1.54) is 0 Å². The minimum absolute atomic E-state index is 0.0162. The number of aromatic nitrogens is 1. The molecule has 0 radical (unpaired) electrons. The van der Waals surface area contributed by atoms with E-state index >= 15 is 0 Å². The van der Waals surface area contributed by atoms with Crippen LogP contribution in [0.1, 0.15) is 23.5 Å². The Morgan fingerprint density at radius 2 is 2.29 bits per heavy atom. The van der Waals surface area contributed by atoms with E-state index in [0.29, 0.717) is 18.3 Å². The molecule has 1 fully saturated rings. The van der Waals surface area contributed by atoms with Crippen LogP contribution in [-0.2, 0) is 4.74 Å². The van der Waals surface area contributed by atoms with Gasteiger partial charge in [0.1, 0.15) is 11.8 Å². The van der Waals surface area contributed by atoms with Crippen molar-refractivity contribution in [1.82, 2.24) is 15.2 Å². The lowest BCUT2D eigenvalue weighted by molar-refractivity contribution is 0.158. The van der Waals surface area contributed by atoms with Crippen LogP contribution in [0.25, 0.3) is 0 Å². The lowest BCUT2D eigenvalue weighted by Crippen LogP contribution is -2.32. The predicted octanol–water partition coefficient (Wildman–Crippen LogP) is 2.29. The number of nitrogens with zero attached hydrogens (tertiary/aromatic N) is 2. The summed E-state index contributed by atoms with van der Waals surface area (Å²) in [4.78, 5) is 6.54. The van der Waals surface area contributed by atoms with Crippen molar-refractivity contribution in [2.45, 2.75) is 12.1 Å². The highest BCUT2D eigenvalue weighted by atomic mass is 32.1. The second kappa shape index (κ2) is 6.24. The van der Waals surface area contributed by atoms with Gasteiger partial charge in [0.15, 0.2) is 5.11 Å². The molecule has 2 aromatic rings. The Bertz CT molecular complexity index is 588. The summed E-state index contributed by atoms with van der Waals surface area (Å²) in [7, 11) is 1.69. The van der Waals surface area contributed by atoms with Crippen molar-refractivity contribution in [3.05, 3.63) is 54.2 Å². The highest BCUT2D eigenvalue weighted by Crippen LogP contribution is 2.38. The van der Waals surface area contributed by atoms with E-state index in [1.807, 2.05) is 30.3 Å². The average molecular weight is 303 g/mol. The third-order valence-corrected chi connectivity index (χ3v) is 3.92. The van der Waals surface area contributed by atoms with Crippen molar-refractivity contribution < 1.29 is 9.15 Å². The summed E-state index contributed by atoms with van der Waals surface area (Å²) >= 11 is 5.47. The maximum atomic E-state index is 5.62. The van der Waals surface area contributed by atoms with Crippen molar-refractivity contribution in [2.24, 2.45) is 0 Å². The number of furan rings is 1. The molecule has 1 N–H and O–H groups in total. The molecule has 1 aliphatic rings. The Morgan fingerprint density at radius 3 is 2.95 bits per heavy atom. The van der Waals surface area contributed by atoms with Crippen LogP contribution in [0.2, 0.25) is 0 Å². The van der Waals surface area contributed by atoms with Crippen molar-refractivity contribution in [3.63, 3.8) is 0 Å². The number of methoxy groups -OCH3 is 1. The van der Waals surface area contributed by atoms with Crippen LogP contribution in [0.5, 0.6) is 0 Å². The third kappa shape index (κ3) is 2.77. The lowest BCUT2D eigenvalue weighted by atomic mass is 10.0. The summed E-state index contributed by atoms with van der Waals surface area (Å²) in [6, 6.07) is 9.69. The second-order valence-corrected chi connectivity index (χ2v) is 5.21. The molecule has 2 atom stereocenters. The van der Waals surface area contributed by atoms with E-state index in [9.17, 15) is 0 Å². The van der Waals surface area contributed by atoms with Crippen LogP contribution < -0.4 is 5.32 Å². The predicted molar refractivity (Wildman–Crippen MR) is 82.7 cm³/mol. The highest BCUT2D eigenvalue weighted by molar-refractivity contribution is 7.80. The second-order valence-electron chi connectivity index (χ2n) is 4.83. The molecule has 6 heteroatoms.